The van der Waals surface area contributed by atoms with E-state index in [2.05, 4.69) is 36.2 Å². The molecule has 0 spiro atoms. The minimum atomic E-state index is -1.54. The standard InChI is InChI=1S/C21H19N5/c1-26-14-7-8-17(26)18-15(9-14)16(10-22)20(25)21(11-23,12-24)19(18)13-5-3-2-4-6-13/h2-6,9,14,17-19H,7-8,25H2,1H3/t14?,17-,18?,19+/m0/s1. The Hall–Kier alpha value is -3.07. The molecular formula is C21H19N5. The van der Waals surface area contributed by atoms with Gasteiger partial charge in [-0.25, -0.2) is 0 Å². The summed E-state index contributed by atoms with van der Waals surface area (Å²) in [6, 6.07) is 16.7. The summed E-state index contributed by atoms with van der Waals surface area (Å²) < 4.78 is 0. The topological polar surface area (TPSA) is 101 Å². The van der Waals surface area contributed by atoms with E-state index in [1.165, 1.54) is 0 Å². The fourth-order valence-corrected chi connectivity index (χ4v) is 5.12. The van der Waals surface area contributed by atoms with Gasteiger partial charge in [0.25, 0.3) is 0 Å². The van der Waals surface area contributed by atoms with Gasteiger partial charge in [0, 0.05) is 23.9 Å². The summed E-state index contributed by atoms with van der Waals surface area (Å²) in [5.74, 6) is -0.490. The molecule has 2 aliphatic heterocycles. The summed E-state index contributed by atoms with van der Waals surface area (Å²) in [6.07, 6.45) is 4.14. The molecule has 1 saturated heterocycles. The van der Waals surface area contributed by atoms with Gasteiger partial charge in [-0.1, -0.05) is 36.4 Å². The predicted molar refractivity (Wildman–Crippen MR) is 95.8 cm³/mol. The van der Waals surface area contributed by atoms with Crippen LogP contribution in [0.1, 0.15) is 24.3 Å². The average molecular weight is 341 g/mol. The van der Waals surface area contributed by atoms with Gasteiger partial charge in [0.15, 0.2) is 5.41 Å². The average Bonchev–Trinajstić information content (AvgIpc) is 2.91. The molecule has 0 saturated carbocycles. The summed E-state index contributed by atoms with van der Waals surface area (Å²) in [6.45, 7) is 0. The van der Waals surface area contributed by atoms with Crippen molar-refractivity contribution < 1.29 is 0 Å². The number of nitrogens with zero attached hydrogens (tertiary/aromatic N) is 4. The van der Waals surface area contributed by atoms with Crippen molar-refractivity contribution in [1.29, 1.82) is 15.8 Å². The number of likely N-dealkylation sites (N-methyl/N-ethyl adjacent to an activating group) is 1. The summed E-state index contributed by atoms with van der Waals surface area (Å²) in [4.78, 5) is 2.32. The van der Waals surface area contributed by atoms with Gasteiger partial charge in [-0.3, -0.25) is 4.90 Å². The van der Waals surface area contributed by atoms with Crippen LogP contribution in [-0.2, 0) is 0 Å². The fourth-order valence-electron chi connectivity index (χ4n) is 5.12. The SMILES string of the molecule is CN1C2C=C3C(C#N)=C(N)C(C#N)(C#N)[C@H](c4ccccc4)C3[C@@H]1CC2. The number of hydrogen-bond donors (Lipinski definition) is 1. The molecule has 2 unspecified atom stereocenters. The Balaban J connectivity index is 2.05. The quantitative estimate of drug-likeness (QED) is 0.846. The van der Waals surface area contributed by atoms with E-state index in [0.29, 0.717) is 5.57 Å². The smallest absolute Gasteiger partial charge is 0.191 e. The van der Waals surface area contributed by atoms with Crippen molar-refractivity contribution in [3.05, 3.63) is 58.8 Å². The highest BCUT2D eigenvalue weighted by atomic mass is 15.2. The maximum absolute atomic E-state index is 10.1. The molecule has 5 nitrogen and oxygen atoms in total. The van der Waals surface area contributed by atoms with Crippen molar-refractivity contribution in [2.24, 2.45) is 17.1 Å². The second-order valence-electron chi connectivity index (χ2n) is 7.35. The van der Waals surface area contributed by atoms with E-state index < -0.39 is 11.3 Å². The molecule has 3 aliphatic rings. The van der Waals surface area contributed by atoms with Gasteiger partial charge in [-0.15, -0.1) is 0 Å². The molecule has 4 rings (SSSR count). The van der Waals surface area contributed by atoms with E-state index in [1.54, 1.807) is 0 Å². The van der Waals surface area contributed by atoms with Crippen LogP contribution in [0.2, 0.25) is 0 Å². The van der Waals surface area contributed by atoms with Crippen molar-refractivity contribution in [1.82, 2.24) is 4.90 Å². The molecule has 1 aromatic carbocycles. The van der Waals surface area contributed by atoms with Gasteiger partial charge in [0.1, 0.15) is 6.07 Å². The molecule has 0 amide bonds. The zero-order valence-corrected chi connectivity index (χ0v) is 14.6. The van der Waals surface area contributed by atoms with E-state index in [1.807, 2.05) is 30.3 Å². The molecule has 0 aromatic heterocycles. The second kappa shape index (κ2) is 5.73. The van der Waals surface area contributed by atoms with E-state index in [-0.39, 0.29) is 23.7 Å². The van der Waals surface area contributed by atoms with Crippen LogP contribution in [0.25, 0.3) is 0 Å². The van der Waals surface area contributed by atoms with Gasteiger partial charge in [-0.05, 0) is 31.0 Å². The number of hydrogen-bond acceptors (Lipinski definition) is 5. The molecule has 2 bridgehead atoms. The minimum absolute atomic E-state index is 0.0950. The third kappa shape index (κ3) is 1.91. The first-order chi connectivity index (χ1) is 12.6. The zero-order chi connectivity index (χ0) is 18.5. The molecule has 1 aliphatic carbocycles. The molecule has 26 heavy (non-hydrogen) atoms. The third-order valence-corrected chi connectivity index (χ3v) is 6.38. The number of rotatable bonds is 1. The van der Waals surface area contributed by atoms with Crippen LogP contribution in [0, 0.1) is 45.3 Å². The van der Waals surface area contributed by atoms with Crippen LogP contribution in [-0.4, -0.2) is 24.0 Å². The van der Waals surface area contributed by atoms with Crippen LogP contribution in [0.5, 0.6) is 0 Å². The highest BCUT2D eigenvalue weighted by Gasteiger charge is 2.58. The molecular weight excluding hydrogens is 322 g/mol. The predicted octanol–water partition coefficient (Wildman–Crippen LogP) is 2.57. The Morgan fingerprint density at radius 2 is 1.81 bits per heavy atom. The molecule has 2 heterocycles. The van der Waals surface area contributed by atoms with Gasteiger partial charge in [0.2, 0.25) is 0 Å². The summed E-state index contributed by atoms with van der Waals surface area (Å²) in [7, 11) is 2.09. The van der Waals surface area contributed by atoms with E-state index in [4.69, 9.17) is 5.73 Å². The molecule has 0 radical (unpaired) electrons. The Morgan fingerprint density at radius 1 is 1.12 bits per heavy atom. The largest absolute Gasteiger partial charge is 0.399 e. The normalized spacial score (nSPS) is 32.0. The first kappa shape index (κ1) is 16.4. The highest BCUT2D eigenvalue weighted by Crippen LogP contribution is 2.58. The van der Waals surface area contributed by atoms with E-state index >= 15 is 0 Å². The lowest BCUT2D eigenvalue weighted by Gasteiger charge is -2.48. The molecule has 2 N–H and O–H groups in total. The Kier molecular flexibility index (Phi) is 3.62. The van der Waals surface area contributed by atoms with Crippen molar-refractivity contribution in [2.75, 3.05) is 7.05 Å². The molecule has 1 aromatic rings. The lowest BCUT2D eigenvalue weighted by Crippen LogP contribution is -2.51. The number of nitrogens with two attached hydrogens (primary N) is 1. The third-order valence-electron chi connectivity index (χ3n) is 6.38. The van der Waals surface area contributed by atoms with Crippen LogP contribution in [0.15, 0.2) is 53.3 Å². The summed E-state index contributed by atoms with van der Waals surface area (Å²) in [5.41, 5.74) is 7.07. The Labute approximate surface area is 153 Å². The van der Waals surface area contributed by atoms with Crippen LogP contribution < -0.4 is 5.73 Å². The molecule has 1 fully saturated rings. The molecule has 4 atom stereocenters. The van der Waals surface area contributed by atoms with E-state index in [0.717, 1.165) is 24.0 Å². The maximum atomic E-state index is 10.1. The van der Waals surface area contributed by atoms with Gasteiger partial charge < -0.3 is 5.73 Å². The second-order valence-corrected chi connectivity index (χ2v) is 7.35. The van der Waals surface area contributed by atoms with Crippen LogP contribution in [0.4, 0.5) is 0 Å². The van der Waals surface area contributed by atoms with Gasteiger partial charge >= 0.3 is 0 Å². The number of allylic oxidation sites excluding steroid dienone is 2. The zero-order valence-electron chi connectivity index (χ0n) is 14.6. The first-order valence-electron chi connectivity index (χ1n) is 8.80. The monoisotopic (exact) mass is 341 g/mol. The molecule has 128 valence electrons. The van der Waals surface area contributed by atoms with Crippen LogP contribution in [0.3, 0.4) is 0 Å². The Bertz CT molecular complexity index is 923. The maximum Gasteiger partial charge on any atom is 0.191 e. The summed E-state index contributed by atoms with van der Waals surface area (Å²) in [5, 5.41) is 29.9. The fraction of sp³-hybridized carbons (Fsp3) is 0.381. The first-order valence-corrected chi connectivity index (χ1v) is 8.80. The Morgan fingerprint density at radius 3 is 2.42 bits per heavy atom. The highest BCUT2D eigenvalue weighted by molar-refractivity contribution is 5.60. The van der Waals surface area contributed by atoms with Crippen molar-refractivity contribution in [2.45, 2.75) is 30.8 Å². The van der Waals surface area contributed by atoms with Gasteiger partial charge in [-0.2, -0.15) is 15.8 Å². The van der Waals surface area contributed by atoms with Gasteiger partial charge in [0.05, 0.1) is 23.4 Å². The number of fused-ring (bicyclic) bond motifs is 4. The van der Waals surface area contributed by atoms with E-state index in [9.17, 15) is 15.8 Å². The van der Waals surface area contributed by atoms with Crippen molar-refractivity contribution >= 4 is 0 Å². The number of nitriles is 3. The van der Waals surface area contributed by atoms with Crippen molar-refractivity contribution in [3.63, 3.8) is 0 Å². The van der Waals surface area contributed by atoms with Crippen molar-refractivity contribution in [3.8, 4) is 18.2 Å². The lowest BCUT2D eigenvalue weighted by atomic mass is 9.56. The number of benzene rings is 1. The summed E-state index contributed by atoms with van der Waals surface area (Å²) >= 11 is 0. The lowest BCUT2D eigenvalue weighted by molar-refractivity contribution is 0.160. The van der Waals surface area contributed by atoms with Crippen LogP contribution >= 0.6 is 0 Å². The minimum Gasteiger partial charge on any atom is -0.399 e. The molecule has 5 heteroatoms.